The monoisotopic (exact) mass is 474 g/mol. The van der Waals surface area contributed by atoms with Crippen molar-refractivity contribution in [2.45, 2.75) is 57.1 Å². The van der Waals surface area contributed by atoms with E-state index in [-0.39, 0.29) is 18.3 Å². The lowest BCUT2D eigenvalue weighted by atomic mass is 9.95. The molecular weight excluding hydrogens is 448 g/mol. The first-order valence-electron chi connectivity index (χ1n) is 10.7. The van der Waals surface area contributed by atoms with Crippen LogP contribution in [-0.4, -0.2) is 39.0 Å². The molecule has 0 spiro atoms. The Morgan fingerprint density at radius 2 is 2.12 bits per heavy atom. The van der Waals surface area contributed by atoms with E-state index in [1.807, 2.05) is 6.92 Å². The van der Waals surface area contributed by atoms with E-state index in [1.165, 1.54) is 42.4 Å². The van der Waals surface area contributed by atoms with Crippen LogP contribution in [0, 0.1) is 6.92 Å². The molecule has 0 saturated heterocycles. The van der Waals surface area contributed by atoms with Crippen molar-refractivity contribution in [2.75, 3.05) is 17.7 Å². The summed E-state index contributed by atoms with van der Waals surface area (Å²) in [6.07, 6.45) is 7.46. The highest BCUT2D eigenvalue weighted by atomic mass is 32.2. The van der Waals surface area contributed by atoms with Gasteiger partial charge in [0.1, 0.15) is 22.1 Å². The third-order valence-corrected chi connectivity index (χ3v) is 7.26. The van der Waals surface area contributed by atoms with Crippen LogP contribution in [-0.2, 0) is 9.53 Å². The molecule has 4 rings (SSSR count). The van der Waals surface area contributed by atoms with Crippen molar-refractivity contribution in [1.29, 1.82) is 0 Å². The van der Waals surface area contributed by atoms with Gasteiger partial charge in [0.05, 0.1) is 18.6 Å². The fourth-order valence-corrected chi connectivity index (χ4v) is 5.77. The number of carbonyl (C=O) groups excluding carboxylic acids is 2. The molecule has 0 atom stereocenters. The molecule has 1 fully saturated rings. The molecule has 8 nitrogen and oxygen atoms in total. The van der Waals surface area contributed by atoms with Crippen molar-refractivity contribution in [3.05, 3.63) is 35.2 Å². The van der Waals surface area contributed by atoms with E-state index < -0.39 is 5.97 Å². The molecule has 0 aliphatic heterocycles. The average molecular weight is 475 g/mol. The van der Waals surface area contributed by atoms with E-state index in [4.69, 9.17) is 9.15 Å². The summed E-state index contributed by atoms with van der Waals surface area (Å²) in [5, 5.41) is 14.4. The molecule has 3 aromatic heterocycles. The second kappa shape index (κ2) is 10.4. The Hall–Kier alpha value is -2.59. The number of rotatable bonds is 8. The van der Waals surface area contributed by atoms with Crippen LogP contribution in [0.15, 0.2) is 33.3 Å². The topological polar surface area (TPSA) is 99.2 Å². The van der Waals surface area contributed by atoms with Gasteiger partial charge in [0.25, 0.3) is 0 Å². The van der Waals surface area contributed by atoms with Crippen LogP contribution in [0.1, 0.15) is 61.3 Å². The SMILES string of the molecule is CCOC(=O)c1c(-c2ccco2)csc1NC(=O)CSc1nnc(C)n1C1CCCCC1. The van der Waals surface area contributed by atoms with Gasteiger partial charge < -0.3 is 19.0 Å². The van der Waals surface area contributed by atoms with Crippen molar-refractivity contribution in [3.8, 4) is 11.3 Å². The van der Waals surface area contributed by atoms with Crippen LogP contribution in [0.25, 0.3) is 11.3 Å². The minimum Gasteiger partial charge on any atom is -0.464 e. The summed E-state index contributed by atoms with van der Waals surface area (Å²) in [4.78, 5) is 25.3. The summed E-state index contributed by atoms with van der Waals surface area (Å²) in [5.41, 5.74) is 0.917. The van der Waals surface area contributed by atoms with E-state index in [0.29, 0.717) is 27.9 Å². The van der Waals surface area contributed by atoms with Gasteiger partial charge in [-0.1, -0.05) is 31.0 Å². The first kappa shape index (κ1) is 22.6. The lowest BCUT2D eigenvalue weighted by Gasteiger charge is -2.24. The van der Waals surface area contributed by atoms with Crippen LogP contribution >= 0.6 is 23.1 Å². The minimum atomic E-state index is -0.490. The van der Waals surface area contributed by atoms with Gasteiger partial charge >= 0.3 is 5.97 Å². The lowest BCUT2D eigenvalue weighted by Crippen LogP contribution is -2.18. The normalized spacial score (nSPS) is 14.4. The van der Waals surface area contributed by atoms with Crippen molar-refractivity contribution >= 4 is 40.0 Å². The predicted octanol–water partition coefficient (Wildman–Crippen LogP) is 5.32. The lowest BCUT2D eigenvalue weighted by molar-refractivity contribution is -0.113. The zero-order chi connectivity index (χ0) is 22.5. The summed E-state index contributed by atoms with van der Waals surface area (Å²) in [6.45, 7) is 3.95. The summed E-state index contributed by atoms with van der Waals surface area (Å²) in [7, 11) is 0. The highest BCUT2D eigenvalue weighted by Crippen LogP contribution is 2.37. The standard InChI is InChI=1S/C22H26N4O4S2/c1-3-29-21(28)19-16(17-10-7-11-30-17)12-31-20(19)23-18(27)13-32-22-25-24-14(2)26(22)15-8-5-4-6-9-15/h7,10-12,15H,3-6,8-9,13H2,1-2H3,(H,23,27). The Morgan fingerprint density at radius 3 is 2.84 bits per heavy atom. The smallest absolute Gasteiger partial charge is 0.341 e. The van der Waals surface area contributed by atoms with Gasteiger partial charge in [-0.25, -0.2) is 4.79 Å². The molecule has 3 aromatic rings. The number of thiophene rings is 1. The van der Waals surface area contributed by atoms with Crippen LogP contribution in [0.3, 0.4) is 0 Å². The molecule has 0 unspecified atom stereocenters. The average Bonchev–Trinajstić information content (AvgIpc) is 3.53. The second-order valence-corrected chi connectivity index (χ2v) is 9.40. The molecule has 0 aromatic carbocycles. The number of furan rings is 1. The van der Waals surface area contributed by atoms with Crippen molar-refractivity contribution in [2.24, 2.45) is 0 Å². The van der Waals surface area contributed by atoms with Gasteiger partial charge in [0.15, 0.2) is 5.16 Å². The number of amides is 1. The van der Waals surface area contributed by atoms with Gasteiger partial charge in [-0.3, -0.25) is 4.79 Å². The molecular formula is C22H26N4O4S2. The minimum absolute atomic E-state index is 0.168. The van der Waals surface area contributed by atoms with Crippen LogP contribution in [0.5, 0.6) is 0 Å². The number of thioether (sulfide) groups is 1. The largest absolute Gasteiger partial charge is 0.464 e. The molecule has 170 valence electrons. The van der Waals surface area contributed by atoms with E-state index in [2.05, 4.69) is 20.1 Å². The third-order valence-electron chi connectivity index (χ3n) is 5.42. The zero-order valence-corrected chi connectivity index (χ0v) is 19.8. The van der Waals surface area contributed by atoms with Gasteiger partial charge in [-0.15, -0.1) is 21.5 Å². The molecule has 32 heavy (non-hydrogen) atoms. The fraction of sp³-hybridized carbons (Fsp3) is 0.455. The maximum Gasteiger partial charge on any atom is 0.341 e. The fourth-order valence-electron chi connectivity index (χ4n) is 3.97. The van der Waals surface area contributed by atoms with Crippen molar-refractivity contribution in [3.63, 3.8) is 0 Å². The Balaban J connectivity index is 1.47. The van der Waals surface area contributed by atoms with Crippen molar-refractivity contribution < 1.29 is 18.7 Å². The number of nitrogens with zero attached hydrogens (tertiary/aromatic N) is 3. The molecule has 1 N–H and O–H groups in total. The van der Waals surface area contributed by atoms with E-state index in [0.717, 1.165) is 23.8 Å². The summed E-state index contributed by atoms with van der Waals surface area (Å²) in [5.74, 6) is 0.891. The first-order chi connectivity index (χ1) is 15.6. The van der Waals surface area contributed by atoms with Gasteiger partial charge in [0, 0.05) is 17.0 Å². The number of nitrogens with one attached hydrogen (secondary N) is 1. The zero-order valence-electron chi connectivity index (χ0n) is 18.1. The first-order valence-corrected chi connectivity index (χ1v) is 12.6. The van der Waals surface area contributed by atoms with Gasteiger partial charge in [-0.05, 0) is 38.8 Å². The van der Waals surface area contributed by atoms with E-state index >= 15 is 0 Å². The molecule has 1 saturated carbocycles. The second-order valence-electron chi connectivity index (χ2n) is 7.58. The Labute approximate surface area is 194 Å². The number of esters is 1. The summed E-state index contributed by atoms with van der Waals surface area (Å²) < 4.78 is 12.8. The number of hydrogen-bond donors (Lipinski definition) is 1. The number of anilines is 1. The van der Waals surface area contributed by atoms with Crippen molar-refractivity contribution in [1.82, 2.24) is 14.8 Å². The predicted molar refractivity (Wildman–Crippen MR) is 124 cm³/mol. The number of aryl methyl sites for hydroxylation is 1. The maximum absolute atomic E-state index is 12.8. The molecule has 0 radical (unpaired) electrons. The van der Waals surface area contributed by atoms with E-state index in [1.54, 1.807) is 30.7 Å². The van der Waals surface area contributed by atoms with Crippen LogP contribution < -0.4 is 5.32 Å². The maximum atomic E-state index is 12.8. The number of hydrogen-bond acceptors (Lipinski definition) is 8. The third kappa shape index (κ3) is 4.91. The molecule has 3 heterocycles. The summed E-state index contributed by atoms with van der Waals surface area (Å²) in [6, 6.07) is 3.92. The number of carbonyl (C=O) groups is 2. The number of ether oxygens (including phenoxy) is 1. The Kier molecular flexibility index (Phi) is 7.31. The van der Waals surface area contributed by atoms with Gasteiger partial charge in [-0.2, -0.15) is 0 Å². The molecule has 1 aliphatic rings. The van der Waals surface area contributed by atoms with Crippen LogP contribution in [0.2, 0.25) is 0 Å². The van der Waals surface area contributed by atoms with E-state index in [9.17, 15) is 9.59 Å². The Bertz CT molecular complexity index is 1070. The molecule has 0 bridgehead atoms. The highest BCUT2D eigenvalue weighted by molar-refractivity contribution is 7.99. The highest BCUT2D eigenvalue weighted by Gasteiger charge is 2.25. The van der Waals surface area contributed by atoms with Gasteiger partial charge in [0.2, 0.25) is 5.91 Å². The molecule has 10 heteroatoms. The summed E-state index contributed by atoms with van der Waals surface area (Å²) >= 11 is 2.64. The Morgan fingerprint density at radius 1 is 1.31 bits per heavy atom. The van der Waals surface area contributed by atoms with Crippen LogP contribution in [0.4, 0.5) is 5.00 Å². The molecule has 1 aliphatic carbocycles. The molecule has 1 amide bonds. The quantitative estimate of drug-likeness (QED) is 0.348. The number of aromatic nitrogens is 3.